The quantitative estimate of drug-likeness (QED) is 0.931. The van der Waals surface area contributed by atoms with Gasteiger partial charge in [-0.15, -0.1) is 11.3 Å². The van der Waals surface area contributed by atoms with Crippen molar-refractivity contribution in [2.75, 3.05) is 11.5 Å². The van der Waals surface area contributed by atoms with Crippen molar-refractivity contribution in [3.63, 3.8) is 0 Å². The van der Waals surface area contributed by atoms with Gasteiger partial charge in [-0.25, -0.2) is 13.2 Å². The number of thiophene rings is 1. The first-order valence-corrected chi connectivity index (χ1v) is 8.73. The van der Waals surface area contributed by atoms with Crippen LogP contribution in [0.25, 0.3) is 10.6 Å². The molecule has 1 N–H and O–H groups in total. The van der Waals surface area contributed by atoms with Gasteiger partial charge in [-0.05, 0) is 23.9 Å². The molecule has 0 saturated carbocycles. The van der Waals surface area contributed by atoms with Crippen molar-refractivity contribution in [2.45, 2.75) is 12.5 Å². The standard InChI is InChI=1S/C12H12N2O4S2/c15-12(16)9-6-10(11-2-1-4-19-11)14(13-9)8-3-5-20(17,18)7-8/h1-2,4,6,8H,3,5,7H2,(H,15,16). The van der Waals surface area contributed by atoms with Crippen molar-refractivity contribution in [3.05, 3.63) is 29.3 Å². The summed E-state index contributed by atoms with van der Waals surface area (Å²) in [7, 11) is -3.05. The van der Waals surface area contributed by atoms with E-state index in [0.29, 0.717) is 12.1 Å². The van der Waals surface area contributed by atoms with Crippen molar-refractivity contribution in [2.24, 2.45) is 0 Å². The Bertz CT molecular complexity index is 747. The van der Waals surface area contributed by atoms with Gasteiger partial charge in [-0.3, -0.25) is 4.68 Å². The first kappa shape index (κ1) is 13.3. The Morgan fingerprint density at radius 3 is 2.85 bits per heavy atom. The average molecular weight is 312 g/mol. The molecular weight excluding hydrogens is 300 g/mol. The van der Waals surface area contributed by atoms with Gasteiger partial charge in [0.2, 0.25) is 0 Å². The summed E-state index contributed by atoms with van der Waals surface area (Å²) in [6.45, 7) is 0. The number of aromatic carboxylic acids is 1. The third-order valence-corrected chi connectivity index (χ3v) is 5.93. The van der Waals surface area contributed by atoms with E-state index in [9.17, 15) is 13.2 Å². The van der Waals surface area contributed by atoms with E-state index < -0.39 is 15.8 Å². The van der Waals surface area contributed by atoms with Gasteiger partial charge in [0.1, 0.15) is 0 Å². The number of hydrogen-bond donors (Lipinski definition) is 1. The molecule has 6 nitrogen and oxygen atoms in total. The molecule has 2 aromatic rings. The molecule has 1 unspecified atom stereocenters. The van der Waals surface area contributed by atoms with Crippen LogP contribution in [0.4, 0.5) is 0 Å². The number of sulfone groups is 1. The van der Waals surface area contributed by atoms with Gasteiger partial charge < -0.3 is 5.11 Å². The number of nitrogens with zero attached hydrogens (tertiary/aromatic N) is 2. The first-order valence-electron chi connectivity index (χ1n) is 6.03. The predicted octanol–water partition coefficient (Wildman–Crippen LogP) is 1.67. The highest BCUT2D eigenvalue weighted by atomic mass is 32.2. The van der Waals surface area contributed by atoms with Crippen LogP contribution in [0, 0.1) is 0 Å². The molecule has 20 heavy (non-hydrogen) atoms. The van der Waals surface area contributed by atoms with Crippen LogP contribution in [0.3, 0.4) is 0 Å². The van der Waals surface area contributed by atoms with Gasteiger partial charge in [-0.1, -0.05) is 6.07 Å². The Balaban J connectivity index is 2.07. The SMILES string of the molecule is O=C(O)c1cc(-c2cccs2)n(C2CCS(=O)(=O)C2)n1. The fourth-order valence-electron chi connectivity index (χ4n) is 2.35. The van der Waals surface area contributed by atoms with Crippen LogP contribution in [0.5, 0.6) is 0 Å². The fourth-order valence-corrected chi connectivity index (χ4v) is 4.78. The molecule has 3 heterocycles. The minimum absolute atomic E-state index is 0.0200. The monoisotopic (exact) mass is 312 g/mol. The van der Waals surface area contributed by atoms with Crippen molar-refractivity contribution in [1.82, 2.24) is 9.78 Å². The van der Waals surface area contributed by atoms with Gasteiger partial charge >= 0.3 is 5.97 Å². The van der Waals surface area contributed by atoms with E-state index >= 15 is 0 Å². The van der Waals surface area contributed by atoms with E-state index in [1.54, 1.807) is 4.68 Å². The summed E-state index contributed by atoms with van der Waals surface area (Å²) >= 11 is 1.47. The third kappa shape index (κ3) is 2.36. The summed E-state index contributed by atoms with van der Waals surface area (Å²) in [4.78, 5) is 12.0. The molecule has 106 valence electrons. The van der Waals surface area contributed by atoms with Gasteiger partial charge in [0, 0.05) is 0 Å². The Morgan fingerprint density at radius 2 is 2.30 bits per heavy atom. The van der Waals surface area contributed by atoms with Gasteiger partial charge in [0.15, 0.2) is 15.5 Å². The van der Waals surface area contributed by atoms with E-state index in [0.717, 1.165) is 4.88 Å². The molecular formula is C12H12N2O4S2. The van der Waals surface area contributed by atoms with Gasteiger partial charge in [-0.2, -0.15) is 5.10 Å². The maximum atomic E-state index is 11.6. The summed E-state index contributed by atoms with van der Waals surface area (Å²) in [6, 6.07) is 4.94. The van der Waals surface area contributed by atoms with E-state index in [2.05, 4.69) is 5.10 Å². The van der Waals surface area contributed by atoms with Crippen molar-refractivity contribution in [1.29, 1.82) is 0 Å². The number of rotatable bonds is 3. The van der Waals surface area contributed by atoms with Crippen LogP contribution in [-0.2, 0) is 9.84 Å². The van der Waals surface area contributed by atoms with Crippen LogP contribution < -0.4 is 0 Å². The second-order valence-corrected chi connectivity index (χ2v) is 7.88. The Kier molecular flexibility index (Phi) is 3.14. The number of aromatic nitrogens is 2. The maximum Gasteiger partial charge on any atom is 0.356 e. The Hall–Kier alpha value is -1.67. The molecule has 8 heteroatoms. The Morgan fingerprint density at radius 1 is 1.50 bits per heavy atom. The molecule has 3 rings (SSSR count). The summed E-state index contributed by atoms with van der Waals surface area (Å²) < 4.78 is 24.8. The summed E-state index contributed by atoms with van der Waals surface area (Å²) in [5.74, 6) is -0.960. The van der Waals surface area contributed by atoms with E-state index in [-0.39, 0.29) is 23.2 Å². The molecule has 1 aliphatic heterocycles. The van der Waals surface area contributed by atoms with Crippen molar-refractivity contribution in [3.8, 4) is 10.6 Å². The highest BCUT2D eigenvalue weighted by Gasteiger charge is 2.32. The molecule has 0 spiro atoms. The van der Waals surface area contributed by atoms with Crippen molar-refractivity contribution >= 4 is 27.1 Å². The molecule has 2 aromatic heterocycles. The topological polar surface area (TPSA) is 89.3 Å². The minimum atomic E-state index is -3.05. The van der Waals surface area contributed by atoms with Crippen molar-refractivity contribution < 1.29 is 18.3 Å². The molecule has 1 atom stereocenters. The molecule has 1 saturated heterocycles. The normalized spacial score (nSPS) is 21.1. The number of hydrogen-bond acceptors (Lipinski definition) is 5. The molecule has 0 aliphatic carbocycles. The first-order chi connectivity index (χ1) is 9.46. The average Bonchev–Trinajstić information content (AvgIpc) is 3.04. The molecule has 1 aliphatic rings. The molecule has 0 radical (unpaired) electrons. The van der Waals surface area contributed by atoms with Crippen LogP contribution in [0.1, 0.15) is 23.0 Å². The highest BCUT2D eigenvalue weighted by molar-refractivity contribution is 7.91. The number of carboxylic acids is 1. The minimum Gasteiger partial charge on any atom is -0.476 e. The van der Waals surface area contributed by atoms with Crippen LogP contribution >= 0.6 is 11.3 Å². The fraction of sp³-hybridized carbons (Fsp3) is 0.333. The lowest BCUT2D eigenvalue weighted by Gasteiger charge is -2.11. The van der Waals surface area contributed by atoms with E-state index in [4.69, 9.17) is 5.11 Å². The zero-order chi connectivity index (χ0) is 14.3. The largest absolute Gasteiger partial charge is 0.476 e. The zero-order valence-corrected chi connectivity index (χ0v) is 12.0. The molecule has 1 fully saturated rings. The summed E-state index contributed by atoms with van der Waals surface area (Å²) in [5.41, 5.74) is 0.609. The Labute approximate surface area is 119 Å². The second-order valence-electron chi connectivity index (χ2n) is 4.70. The zero-order valence-electron chi connectivity index (χ0n) is 10.4. The molecule has 0 amide bonds. The lowest BCUT2D eigenvalue weighted by atomic mass is 10.2. The van der Waals surface area contributed by atoms with E-state index in [1.807, 2.05) is 17.5 Å². The maximum absolute atomic E-state index is 11.6. The lowest BCUT2D eigenvalue weighted by molar-refractivity contribution is 0.0689. The molecule has 0 bridgehead atoms. The molecule has 0 aromatic carbocycles. The third-order valence-electron chi connectivity index (χ3n) is 3.28. The smallest absolute Gasteiger partial charge is 0.356 e. The van der Waals surface area contributed by atoms with Crippen LogP contribution in [-0.4, -0.2) is 40.8 Å². The second kappa shape index (κ2) is 4.71. The number of carboxylic acid groups (broad SMARTS) is 1. The van der Waals surface area contributed by atoms with Gasteiger partial charge in [0.25, 0.3) is 0 Å². The van der Waals surface area contributed by atoms with Gasteiger partial charge in [0.05, 0.1) is 28.1 Å². The van der Waals surface area contributed by atoms with Crippen LogP contribution in [0.2, 0.25) is 0 Å². The summed E-state index contributed by atoms with van der Waals surface area (Å²) in [5, 5.41) is 15.0. The summed E-state index contributed by atoms with van der Waals surface area (Å²) in [6.07, 6.45) is 0.474. The number of carbonyl (C=O) groups is 1. The predicted molar refractivity (Wildman–Crippen MR) is 74.8 cm³/mol. The van der Waals surface area contributed by atoms with E-state index in [1.165, 1.54) is 17.4 Å². The van der Waals surface area contributed by atoms with Crippen LogP contribution in [0.15, 0.2) is 23.6 Å². The lowest BCUT2D eigenvalue weighted by Crippen LogP contribution is -2.14. The highest BCUT2D eigenvalue weighted by Crippen LogP contribution is 2.32.